The number of piperazine rings is 1. The summed E-state index contributed by atoms with van der Waals surface area (Å²) < 4.78 is 21.3. The summed E-state index contributed by atoms with van der Waals surface area (Å²) in [6, 6.07) is 1.83. The number of likely N-dealkylation sites (tertiary alicyclic amines) is 1. The van der Waals surface area contributed by atoms with Crippen LogP contribution in [0, 0.1) is 11.2 Å². The Kier molecular flexibility index (Phi) is 7.00. The summed E-state index contributed by atoms with van der Waals surface area (Å²) in [4.78, 5) is 26.9. The van der Waals surface area contributed by atoms with Crippen LogP contribution in [0.15, 0.2) is 10.5 Å². The zero-order valence-corrected chi connectivity index (χ0v) is 21.3. The van der Waals surface area contributed by atoms with Crippen molar-refractivity contribution in [3.8, 4) is 6.01 Å². The Bertz CT molecular complexity index is 1060. The first-order chi connectivity index (χ1) is 15.5. The minimum Gasteiger partial charge on any atom is -0.481 e. The van der Waals surface area contributed by atoms with E-state index in [1.807, 2.05) is 7.05 Å². The number of hydrogen-bond donors (Lipinski definition) is 1. The largest absolute Gasteiger partial charge is 0.481 e. The Morgan fingerprint density at radius 1 is 1.30 bits per heavy atom. The number of aromatic nitrogens is 2. The summed E-state index contributed by atoms with van der Waals surface area (Å²) in [5.41, 5.74) is -0.672. The lowest BCUT2D eigenvalue weighted by atomic mass is 9.93. The number of carboxylic acid groups (broad SMARTS) is 1. The Balaban J connectivity index is 1.62. The lowest BCUT2D eigenvalue weighted by Crippen LogP contribution is -2.50. The van der Waals surface area contributed by atoms with E-state index >= 15 is 4.39 Å². The van der Waals surface area contributed by atoms with Gasteiger partial charge in [0, 0.05) is 51.2 Å². The predicted molar refractivity (Wildman–Crippen MR) is 129 cm³/mol. The van der Waals surface area contributed by atoms with Gasteiger partial charge in [0.25, 0.3) is 0 Å². The summed E-state index contributed by atoms with van der Waals surface area (Å²) in [6.45, 7) is 8.16. The molecule has 0 radical (unpaired) electrons. The average molecular weight is 545 g/mol. The van der Waals surface area contributed by atoms with Crippen LogP contribution < -0.4 is 9.64 Å². The van der Waals surface area contributed by atoms with E-state index in [1.54, 1.807) is 19.9 Å². The van der Waals surface area contributed by atoms with Crippen LogP contribution in [0.25, 0.3) is 10.9 Å². The molecule has 1 aromatic heterocycles. The first-order valence-corrected chi connectivity index (χ1v) is 12.1. The van der Waals surface area contributed by atoms with E-state index in [4.69, 9.17) is 16.3 Å². The Hall–Kier alpha value is -1.75. The summed E-state index contributed by atoms with van der Waals surface area (Å²) in [5, 5.41) is 10.2. The van der Waals surface area contributed by atoms with Gasteiger partial charge in [0.05, 0.1) is 14.9 Å². The second-order valence-corrected chi connectivity index (χ2v) is 10.7. The second-order valence-electron chi connectivity index (χ2n) is 9.46. The van der Waals surface area contributed by atoms with Crippen molar-refractivity contribution in [3.05, 3.63) is 21.4 Å². The number of carboxylic acids is 1. The van der Waals surface area contributed by atoms with E-state index in [0.29, 0.717) is 43.9 Å². The Morgan fingerprint density at radius 2 is 2.00 bits per heavy atom. The minimum absolute atomic E-state index is 0.0470. The molecule has 2 aliphatic rings. The maximum atomic E-state index is 15.1. The molecule has 3 heterocycles. The topological polar surface area (TPSA) is 82.0 Å². The Morgan fingerprint density at radius 3 is 2.61 bits per heavy atom. The van der Waals surface area contributed by atoms with Crippen molar-refractivity contribution in [1.82, 2.24) is 19.8 Å². The quantitative estimate of drug-likeness (QED) is 0.554. The van der Waals surface area contributed by atoms with E-state index in [9.17, 15) is 9.90 Å². The van der Waals surface area contributed by atoms with Gasteiger partial charge in [0.1, 0.15) is 17.4 Å². The van der Waals surface area contributed by atoms with Gasteiger partial charge in [0.2, 0.25) is 0 Å². The molecule has 1 N–H and O–H groups in total. The fourth-order valence-corrected chi connectivity index (χ4v) is 4.81. The predicted octanol–water partition coefficient (Wildman–Crippen LogP) is 3.50. The van der Waals surface area contributed by atoms with Gasteiger partial charge in [-0.1, -0.05) is 11.6 Å². The molecule has 0 bridgehead atoms. The zero-order chi connectivity index (χ0) is 23.9. The average Bonchev–Trinajstić information content (AvgIpc) is 3.17. The van der Waals surface area contributed by atoms with Crippen molar-refractivity contribution in [1.29, 1.82) is 0 Å². The molecule has 8 nitrogen and oxygen atoms in total. The fraction of sp³-hybridized carbons (Fsp3) is 0.591. The molecule has 2 aromatic rings. The monoisotopic (exact) mass is 543 g/mol. The van der Waals surface area contributed by atoms with Crippen molar-refractivity contribution in [3.63, 3.8) is 0 Å². The third-order valence-corrected chi connectivity index (χ3v) is 7.58. The van der Waals surface area contributed by atoms with Crippen molar-refractivity contribution in [2.24, 2.45) is 5.41 Å². The van der Waals surface area contributed by atoms with Crippen LogP contribution in [-0.2, 0) is 4.79 Å². The van der Waals surface area contributed by atoms with E-state index in [-0.39, 0.29) is 27.1 Å². The van der Waals surface area contributed by atoms with Crippen molar-refractivity contribution in [2.45, 2.75) is 26.4 Å². The summed E-state index contributed by atoms with van der Waals surface area (Å²) >= 11 is 9.47. The number of fused-ring (bicyclic) bond motifs is 1. The van der Waals surface area contributed by atoms with Crippen LogP contribution in [-0.4, -0.2) is 89.8 Å². The number of benzene rings is 1. The molecule has 2 saturated heterocycles. The highest BCUT2D eigenvalue weighted by Crippen LogP contribution is 2.36. The number of likely N-dealkylation sites (N-methyl/N-ethyl adjacent to an activating group) is 1. The van der Waals surface area contributed by atoms with Crippen molar-refractivity contribution < 1.29 is 19.0 Å². The molecule has 33 heavy (non-hydrogen) atoms. The maximum absolute atomic E-state index is 15.1. The molecule has 0 aliphatic carbocycles. The fourth-order valence-electron chi connectivity index (χ4n) is 4.31. The third kappa shape index (κ3) is 5.18. The number of aliphatic carboxylic acids is 1. The molecule has 0 amide bonds. The first kappa shape index (κ1) is 24.4. The van der Waals surface area contributed by atoms with Gasteiger partial charge in [0.15, 0.2) is 5.82 Å². The zero-order valence-electron chi connectivity index (χ0n) is 18.9. The molecule has 11 heteroatoms. The van der Waals surface area contributed by atoms with E-state index in [1.165, 1.54) is 0 Å². The van der Waals surface area contributed by atoms with Crippen molar-refractivity contribution in [2.75, 3.05) is 57.8 Å². The smallest absolute Gasteiger partial charge is 0.319 e. The molecule has 0 unspecified atom stereocenters. The molecule has 0 spiro atoms. The van der Waals surface area contributed by atoms with E-state index < -0.39 is 17.2 Å². The number of hydrogen-bond acceptors (Lipinski definition) is 7. The normalized spacial score (nSPS) is 20.5. The molecule has 2 fully saturated rings. The van der Waals surface area contributed by atoms with Gasteiger partial charge in [-0.2, -0.15) is 9.97 Å². The number of rotatable bonds is 6. The van der Waals surface area contributed by atoms with E-state index in [2.05, 4.69) is 40.6 Å². The lowest BCUT2D eigenvalue weighted by Gasteiger charge is -2.38. The van der Waals surface area contributed by atoms with Crippen LogP contribution in [0.1, 0.15) is 20.3 Å². The summed E-state index contributed by atoms with van der Waals surface area (Å²) in [5.74, 6) is -0.787. The van der Waals surface area contributed by atoms with Gasteiger partial charge >= 0.3 is 12.0 Å². The highest BCUT2D eigenvalue weighted by molar-refractivity contribution is 9.10. The summed E-state index contributed by atoms with van der Waals surface area (Å²) in [7, 11) is 2.03. The third-order valence-electron chi connectivity index (χ3n) is 6.28. The molecule has 4 rings (SSSR count). The number of carbonyl (C=O) groups is 1. The minimum atomic E-state index is -0.831. The molecule has 2 aliphatic heterocycles. The molecular formula is C22H28BrClFN5O3. The van der Waals surface area contributed by atoms with Crippen LogP contribution in [0.3, 0.4) is 0 Å². The standard InChI is InChI=1S/C22H28BrClFN5O3/c1-22(2,20(31)32)12-29-6-8-30(9-7-29)19-14-10-15(24)16(23)17(25)18(14)26-21(27-19)33-13-4-5-28(3)11-13/h10,13H,4-9,11-12H2,1-3H3,(H,31,32)/t13-/m1/s1. The number of anilines is 1. The molecule has 1 atom stereocenters. The van der Waals surface area contributed by atoms with Crippen molar-refractivity contribution >= 4 is 50.2 Å². The van der Waals surface area contributed by atoms with Gasteiger partial charge in [-0.05, 0) is 49.3 Å². The SMILES string of the molecule is CN1CC[C@@H](Oc2nc(N3CCN(CC(C)(C)C(=O)O)CC3)c3cc(Cl)c(Br)c(F)c3n2)C1. The number of halogens is 3. The first-order valence-electron chi connectivity index (χ1n) is 11.0. The van der Waals surface area contributed by atoms with E-state index in [0.717, 1.165) is 19.5 Å². The highest BCUT2D eigenvalue weighted by Gasteiger charge is 2.32. The van der Waals surface area contributed by atoms with Crippen LogP contribution in [0.2, 0.25) is 5.02 Å². The highest BCUT2D eigenvalue weighted by atomic mass is 79.9. The van der Waals surface area contributed by atoms with Gasteiger partial charge in [-0.3, -0.25) is 9.69 Å². The van der Waals surface area contributed by atoms with Crippen LogP contribution in [0.4, 0.5) is 10.2 Å². The van der Waals surface area contributed by atoms with Gasteiger partial charge in [-0.15, -0.1) is 0 Å². The molecule has 0 saturated carbocycles. The van der Waals surface area contributed by atoms with Crippen LogP contribution in [0.5, 0.6) is 6.01 Å². The molecule has 180 valence electrons. The van der Waals surface area contributed by atoms with Crippen LogP contribution >= 0.6 is 27.5 Å². The van der Waals surface area contributed by atoms with Gasteiger partial charge in [-0.25, -0.2) is 4.39 Å². The van der Waals surface area contributed by atoms with Gasteiger partial charge < -0.3 is 19.6 Å². The molecular weight excluding hydrogens is 517 g/mol. The number of nitrogens with zero attached hydrogens (tertiary/aromatic N) is 5. The maximum Gasteiger partial charge on any atom is 0.319 e. The second kappa shape index (κ2) is 9.48. The summed E-state index contributed by atoms with van der Waals surface area (Å²) in [6.07, 6.45) is 0.812. The number of ether oxygens (including phenoxy) is 1. The Labute approximate surface area is 205 Å². The molecule has 1 aromatic carbocycles. The lowest BCUT2D eigenvalue weighted by molar-refractivity contribution is -0.148.